The average Bonchev–Trinajstić information content (AvgIpc) is 2.80. The Morgan fingerprint density at radius 3 is 2.35 bits per heavy atom. The summed E-state index contributed by atoms with van der Waals surface area (Å²) in [5.41, 5.74) is 0.0294. The Balaban J connectivity index is 2.11. The molecule has 1 aliphatic rings. The van der Waals surface area contributed by atoms with Crippen LogP contribution in [-0.4, -0.2) is 25.8 Å². The Morgan fingerprint density at radius 2 is 1.85 bits per heavy atom. The van der Waals surface area contributed by atoms with Crippen LogP contribution in [0.25, 0.3) is 0 Å². The molecule has 1 heterocycles. The van der Waals surface area contributed by atoms with Crippen LogP contribution >= 0.6 is 11.3 Å². The lowest BCUT2D eigenvalue weighted by Gasteiger charge is -2.39. The van der Waals surface area contributed by atoms with E-state index in [0.29, 0.717) is 6.04 Å². The molecular formula is C17H29NOS. The smallest absolute Gasteiger partial charge is 0.0834 e. The van der Waals surface area contributed by atoms with E-state index in [4.69, 9.17) is 4.74 Å². The van der Waals surface area contributed by atoms with Crippen molar-refractivity contribution in [3.8, 4) is 0 Å². The fourth-order valence-corrected chi connectivity index (χ4v) is 4.50. The Labute approximate surface area is 127 Å². The van der Waals surface area contributed by atoms with E-state index in [1.807, 2.05) is 18.4 Å². The molecule has 1 saturated carbocycles. The van der Waals surface area contributed by atoms with Crippen LogP contribution in [-0.2, 0) is 17.6 Å². The van der Waals surface area contributed by atoms with Gasteiger partial charge in [-0.05, 0) is 44.9 Å². The van der Waals surface area contributed by atoms with Gasteiger partial charge >= 0.3 is 0 Å². The molecule has 1 aliphatic carbocycles. The minimum atomic E-state index is 0.0294. The monoisotopic (exact) mass is 295 g/mol. The van der Waals surface area contributed by atoms with Crippen LogP contribution in [0.4, 0.5) is 0 Å². The normalized spacial score (nSPS) is 20.6. The largest absolute Gasteiger partial charge is 0.377 e. The van der Waals surface area contributed by atoms with Crippen molar-refractivity contribution < 1.29 is 4.74 Å². The van der Waals surface area contributed by atoms with Crippen LogP contribution in [0.2, 0.25) is 0 Å². The summed E-state index contributed by atoms with van der Waals surface area (Å²) in [7, 11) is 3.99. The summed E-state index contributed by atoms with van der Waals surface area (Å²) in [6.45, 7) is 2.23. The Kier molecular flexibility index (Phi) is 6.06. The highest BCUT2D eigenvalue weighted by atomic mass is 32.1. The summed E-state index contributed by atoms with van der Waals surface area (Å²) in [6.07, 6.45) is 9.95. The Morgan fingerprint density at radius 1 is 1.20 bits per heavy atom. The molecule has 0 spiro atoms. The Bertz CT molecular complexity index is 393. The number of hydrogen-bond donors (Lipinski definition) is 1. The highest BCUT2D eigenvalue weighted by Crippen LogP contribution is 2.35. The summed E-state index contributed by atoms with van der Waals surface area (Å²) in [5, 5.41) is 3.55. The molecular weight excluding hydrogens is 266 g/mol. The number of hydrogen-bond acceptors (Lipinski definition) is 3. The molecule has 3 heteroatoms. The fraction of sp³-hybridized carbons (Fsp3) is 0.765. The molecule has 114 valence electrons. The Hall–Kier alpha value is -0.380. The van der Waals surface area contributed by atoms with Gasteiger partial charge in [0.1, 0.15) is 0 Å². The molecule has 1 aromatic heterocycles. The third-order valence-corrected chi connectivity index (χ3v) is 6.06. The molecule has 0 radical (unpaired) electrons. The summed E-state index contributed by atoms with van der Waals surface area (Å²) in [4.78, 5) is 2.98. The lowest BCUT2D eigenvalue weighted by Crippen LogP contribution is -2.51. The second-order valence-corrected chi connectivity index (χ2v) is 7.20. The van der Waals surface area contributed by atoms with E-state index in [0.717, 1.165) is 12.8 Å². The first-order chi connectivity index (χ1) is 9.74. The van der Waals surface area contributed by atoms with Crippen molar-refractivity contribution in [2.75, 3.05) is 14.2 Å². The predicted octanol–water partition coefficient (Wildman–Crippen LogP) is 4.18. The number of thiophene rings is 1. The maximum absolute atomic E-state index is 6.06. The molecule has 1 aromatic rings. The zero-order chi connectivity index (χ0) is 14.4. The zero-order valence-electron chi connectivity index (χ0n) is 13.2. The lowest BCUT2D eigenvalue weighted by atomic mass is 9.84. The molecule has 1 unspecified atom stereocenters. The molecule has 2 rings (SSSR count). The van der Waals surface area contributed by atoms with E-state index in [1.165, 1.54) is 48.3 Å². The van der Waals surface area contributed by atoms with Crippen molar-refractivity contribution in [3.05, 3.63) is 21.9 Å². The second kappa shape index (κ2) is 7.58. The highest BCUT2D eigenvalue weighted by molar-refractivity contribution is 7.11. The van der Waals surface area contributed by atoms with Gasteiger partial charge < -0.3 is 10.1 Å². The van der Waals surface area contributed by atoms with Crippen molar-refractivity contribution in [3.63, 3.8) is 0 Å². The van der Waals surface area contributed by atoms with Crippen molar-refractivity contribution in [2.24, 2.45) is 0 Å². The van der Waals surface area contributed by atoms with Crippen molar-refractivity contribution >= 4 is 11.3 Å². The van der Waals surface area contributed by atoms with Gasteiger partial charge in [-0.15, -0.1) is 11.3 Å². The van der Waals surface area contributed by atoms with Gasteiger partial charge in [0.25, 0.3) is 0 Å². The van der Waals surface area contributed by atoms with Gasteiger partial charge in [0.05, 0.1) is 5.60 Å². The summed E-state index contributed by atoms with van der Waals surface area (Å²) in [5.74, 6) is 0. The van der Waals surface area contributed by atoms with Crippen LogP contribution < -0.4 is 5.32 Å². The van der Waals surface area contributed by atoms with Crippen LogP contribution in [0.15, 0.2) is 12.1 Å². The van der Waals surface area contributed by atoms with Crippen LogP contribution in [0.1, 0.15) is 55.2 Å². The van der Waals surface area contributed by atoms with Crippen molar-refractivity contribution in [1.82, 2.24) is 5.32 Å². The first-order valence-electron chi connectivity index (χ1n) is 8.04. The molecule has 0 amide bonds. The van der Waals surface area contributed by atoms with E-state index in [9.17, 15) is 0 Å². The molecule has 0 aliphatic heterocycles. The number of likely N-dealkylation sites (N-methyl/N-ethyl adjacent to an activating group) is 1. The maximum Gasteiger partial charge on any atom is 0.0834 e. The zero-order valence-corrected chi connectivity index (χ0v) is 14.0. The van der Waals surface area contributed by atoms with E-state index in [2.05, 4.69) is 31.4 Å². The van der Waals surface area contributed by atoms with E-state index in [1.54, 1.807) is 0 Å². The minimum Gasteiger partial charge on any atom is -0.377 e. The predicted molar refractivity (Wildman–Crippen MR) is 87.7 cm³/mol. The van der Waals surface area contributed by atoms with Crippen molar-refractivity contribution in [2.45, 2.75) is 69.9 Å². The fourth-order valence-electron chi connectivity index (χ4n) is 3.50. The minimum absolute atomic E-state index is 0.0294. The molecule has 1 atom stereocenters. The molecule has 1 N–H and O–H groups in total. The number of nitrogens with one attached hydrogen (secondary N) is 1. The van der Waals surface area contributed by atoms with Crippen molar-refractivity contribution in [1.29, 1.82) is 0 Å². The highest BCUT2D eigenvalue weighted by Gasteiger charge is 2.38. The standard InChI is InChI=1S/C17H29NOS/c1-4-14-9-10-15(20-14)13-16(18-2)17(19-3)11-7-5-6-8-12-17/h9-10,16,18H,4-8,11-13H2,1-3H3. The van der Waals surface area contributed by atoms with Gasteiger partial charge in [0.15, 0.2) is 0 Å². The first-order valence-corrected chi connectivity index (χ1v) is 8.85. The quantitative estimate of drug-likeness (QED) is 0.795. The lowest BCUT2D eigenvalue weighted by molar-refractivity contribution is -0.0507. The molecule has 20 heavy (non-hydrogen) atoms. The number of rotatable bonds is 6. The van der Waals surface area contributed by atoms with Crippen LogP contribution in [0, 0.1) is 0 Å². The van der Waals surface area contributed by atoms with Gasteiger partial charge in [0, 0.05) is 22.9 Å². The van der Waals surface area contributed by atoms with E-state index < -0.39 is 0 Å². The first kappa shape index (κ1) is 16.0. The molecule has 0 aromatic carbocycles. The summed E-state index contributed by atoms with van der Waals surface area (Å²) in [6, 6.07) is 5.00. The number of ether oxygens (including phenoxy) is 1. The van der Waals surface area contributed by atoms with Gasteiger partial charge in [-0.25, -0.2) is 0 Å². The SMILES string of the molecule is CCc1ccc(CC(NC)C2(OC)CCCCCC2)s1. The third kappa shape index (κ3) is 3.63. The molecule has 1 fully saturated rings. The maximum atomic E-state index is 6.06. The van der Waals surface area contributed by atoms with Gasteiger partial charge in [-0.3, -0.25) is 0 Å². The third-order valence-electron chi connectivity index (χ3n) is 4.81. The van der Waals surface area contributed by atoms with Gasteiger partial charge in [-0.1, -0.05) is 32.6 Å². The number of aryl methyl sites for hydroxylation is 1. The topological polar surface area (TPSA) is 21.3 Å². The molecule has 2 nitrogen and oxygen atoms in total. The van der Waals surface area contributed by atoms with Crippen LogP contribution in [0.3, 0.4) is 0 Å². The van der Waals surface area contributed by atoms with Gasteiger partial charge in [-0.2, -0.15) is 0 Å². The van der Waals surface area contributed by atoms with E-state index >= 15 is 0 Å². The van der Waals surface area contributed by atoms with Gasteiger partial charge in [0.2, 0.25) is 0 Å². The average molecular weight is 295 g/mol. The van der Waals surface area contributed by atoms with E-state index in [-0.39, 0.29) is 5.60 Å². The summed E-state index contributed by atoms with van der Waals surface area (Å²) >= 11 is 1.96. The number of methoxy groups -OCH3 is 1. The van der Waals surface area contributed by atoms with Crippen LogP contribution in [0.5, 0.6) is 0 Å². The second-order valence-electron chi connectivity index (χ2n) is 5.95. The molecule has 0 saturated heterocycles. The summed E-state index contributed by atoms with van der Waals surface area (Å²) < 4.78 is 6.06. The molecule has 0 bridgehead atoms.